The highest BCUT2D eigenvalue weighted by molar-refractivity contribution is 5.93. The van der Waals surface area contributed by atoms with Crippen LogP contribution >= 0.6 is 0 Å². The topological polar surface area (TPSA) is 89.5 Å². The molecule has 1 amide bonds. The molecule has 1 aliphatic heterocycles. The average Bonchev–Trinajstić information content (AvgIpc) is 3.32. The average molecular weight is 469 g/mol. The minimum Gasteiger partial charge on any atom is -0.489 e. The molecule has 10 heteroatoms. The highest BCUT2D eigenvalue weighted by atomic mass is 19.3. The standard InChI is InChI=1S/C24H25F2N5O3/c1-16(30-24(32)18-11-27-15-28-12-18)17-2-4-20(5-3-17)34-21-7-9-31(13-21)19-6-8-29-23(10-19)33-14-22(25)26/h2-6,8,10-12,15-16,21-22H,7,9,13-14H2,1H3,(H,30,32)/t16-,21?/m0/s1. The summed E-state index contributed by atoms with van der Waals surface area (Å²) in [6, 6.07) is 10.9. The summed E-state index contributed by atoms with van der Waals surface area (Å²) in [5.41, 5.74) is 2.20. The van der Waals surface area contributed by atoms with Crippen molar-refractivity contribution >= 4 is 11.6 Å². The van der Waals surface area contributed by atoms with Crippen LogP contribution in [0, 0.1) is 0 Å². The first kappa shape index (κ1) is 23.3. The number of pyridine rings is 1. The van der Waals surface area contributed by atoms with Gasteiger partial charge in [0.15, 0.2) is 6.61 Å². The van der Waals surface area contributed by atoms with Gasteiger partial charge in [0.2, 0.25) is 5.88 Å². The smallest absolute Gasteiger partial charge is 0.272 e. The maximum atomic E-state index is 12.4. The lowest BCUT2D eigenvalue weighted by molar-refractivity contribution is 0.0796. The van der Waals surface area contributed by atoms with E-state index in [2.05, 4.69) is 25.2 Å². The van der Waals surface area contributed by atoms with Crippen molar-refractivity contribution in [2.75, 3.05) is 24.6 Å². The molecule has 3 aromatic rings. The summed E-state index contributed by atoms with van der Waals surface area (Å²) in [7, 11) is 0. The van der Waals surface area contributed by atoms with Crippen LogP contribution in [0.4, 0.5) is 14.5 Å². The molecule has 1 N–H and O–H groups in total. The zero-order valence-corrected chi connectivity index (χ0v) is 18.6. The number of amides is 1. The third-order valence-corrected chi connectivity index (χ3v) is 5.44. The summed E-state index contributed by atoms with van der Waals surface area (Å²) in [5, 5.41) is 2.93. The molecule has 34 heavy (non-hydrogen) atoms. The van der Waals surface area contributed by atoms with Gasteiger partial charge in [-0.05, 0) is 30.7 Å². The first-order valence-corrected chi connectivity index (χ1v) is 10.9. The Morgan fingerprint density at radius 1 is 1.21 bits per heavy atom. The quantitative estimate of drug-likeness (QED) is 0.512. The van der Waals surface area contributed by atoms with Crippen LogP contribution in [-0.4, -0.2) is 53.1 Å². The van der Waals surface area contributed by atoms with Crippen molar-refractivity contribution < 1.29 is 23.0 Å². The van der Waals surface area contributed by atoms with Crippen LogP contribution in [0.3, 0.4) is 0 Å². The Labute approximate surface area is 196 Å². The summed E-state index contributed by atoms with van der Waals surface area (Å²) in [6.07, 6.45) is 4.14. The fourth-order valence-corrected chi connectivity index (χ4v) is 3.69. The number of nitrogens with one attached hydrogen (secondary N) is 1. The van der Waals surface area contributed by atoms with Crippen molar-refractivity contribution in [3.63, 3.8) is 0 Å². The maximum absolute atomic E-state index is 12.4. The zero-order valence-electron chi connectivity index (χ0n) is 18.6. The van der Waals surface area contributed by atoms with Crippen molar-refractivity contribution in [1.82, 2.24) is 20.3 Å². The Kier molecular flexibility index (Phi) is 7.46. The van der Waals surface area contributed by atoms with Crippen LogP contribution in [0.15, 0.2) is 61.3 Å². The second-order valence-electron chi connectivity index (χ2n) is 7.92. The molecule has 1 unspecified atom stereocenters. The molecule has 0 spiro atoms. The van der Waals surface area contributed by atoms with Crippen LogP contribution in [0.5, 0.6) is 11.6 Å². The summed E-state index contributed by atoms with van der Waals surface area (Å²) in [5.74, 6) is 0.679. The summed E-state index contributed by atoms with van der Waals surface area (Å²) >= 11 is 0. The van der Waals surface area contributed by atoms with Gasteiger partial charge in [0.05, 0.1) is 18.2 Å². The minimum absolute atomic E-state index is 0.0142. The normalized spacial score (nSPS) is 16.4. The van der Waals surface area contributed by atoms with Gasteiger partial charge in [-0.1, -0.05) is 12.1 Å². The van der Waals surface area contributed by atoms with Crippen molar-refractivity contribution in [2.24, 2.45) is 0 Å². The number of aromatic nitrogens is 3. The molecular formula is C24H25F2N5O3. The number of rotatable bonds is 9. The SMILES string of the molecule is C[C@H](NC(=O)c1cncnc1)c1ccc(OC2CCN(c3ccnc(OCC(F)F)c3)C2)cc1. The van der Waals surface area contributed by atoms with E-state index in [0.717, 1.165) is 30.0 Å². The van der Waals surface area contributed by atoms with E-state index in [4.69, 9.17) is 9.47 Å². The molecule has 0 saturated carbocycles. The van der Waals surface area contributed by atoms with Crippen molar-refractivity contribution in [3.05, 3.63) is 72.4 Å². The zero-order chi connectivity index (χ0) is 23.9. The summed E-state index contributed by atoms with van der Waals surface area (Å²) < 4.78 is 35.9. The Bertz CT molecular complexity index is 1090. The fraction of sp³-hybridized carbons (Fsp3) is 0.333. The highest BCUT2D eigenvalue weighted by Crippen LogP contribution is 2.26. The largest absolute Gasteiger partial charge is 0.489 e. The van der Waals surface area contributed by atoms with Gasteiger partial charge in [0, 0.05) is 43.3 Å². The van der Waals surface area contributed by atoms with Crippen LogP contribution in [-0.2, 0) is 0 Å². The Morgan fingerprint density at radius 2 is 1.97 bits per heavy atom. The first-order valence-electron chi connectivity index (χ1n) is 10.9. The number of nitrogens with zero attached hydrogens (tertiary/aromatic N) is 4. The minimum atomic E-state index is -2.54. The molecule has 0 bridgehead atoms. The number of hydrogen-bond donors (Lipinski definition) is 1. The third-order valence-electron chi connectivity index (χ3n) is 5.44. The maximum Gasteiger partial charge on any atom is 0.272 e. The molecule has 178 valence electrons. The summed E-state index contributed by atoms with van der Waals surface area (Å²) in [4.78, 5) is 26.1. The monoisotopic (exact) mass is 469 g/mol. The molecule has 0 aliphatic carbocycles. The molecule has 4 rings (SSSR count). The second kappa shape index (κ2) is 10.9. The predicted molar refractivity (Wildman–Crippen MR) is 121 cm³/mol. The molecule has 1 fully saturated rings. The molecule has 1 saturated heterocycles. The predicted octanol–water partition coefficient (Wildman–Crippen LogP) is 3.66. The van der Waals surface area contributed by atoms with E-state index in [1.54, 1.807) is 12.3 Å². The van der Waals surface area contributed by atoms with E-state index in [0.29, 0.717) is 12.1 Å². The molecule has 1 aliphatic rings. The molecule has 2 atom stereocenters. The van der Waals surface area contributed by atoms with Gasteiger partial charge in [0.25, 0.3) is 12.3 Å². The van der Waals surface area contributed by atoms with Gasteiger partial charge < -0.3 is 19.7 Å². The number of ether oxygens (including phenoxy) is 2. The number of carbonyl (C=O) groups excluding carboxylic acids is 1. The second-order valence-corrected chi connectivity index (χ2v) is 7.92. The van der Waals surface area contributed by atoms with Gasteiger partial charge in [-0.15, -0.1) is 0 Å². The van der Waals surface area contributed by atoms with Gasteiger partial charge >= 0.3 is 0 Å². The van der Waals surface area contributed by atoms with E-state index in [1.165, 1.54) is 18.7 Å². The van der Waals surface area contributed by atoms with E-state index in [9.17, 15) is 13.6 Å². The third kappa shape index (κ3) is 6.15. The molecule has 0 radical (unpaired) electrons. The Balaban J connectivity index is 1.29. The molecule has 8 nitrogen and oxygen atoms in total. The van der Waals surface area contributed by atoms with Gasteiger partial charge in [0.1, 0.15) is 18.2 Å². The lowest BCUT2D eigenvalue weighted by Crippen LogP contribution is -2.27. The first-order chi connectivity index (χ1) is 16.5. The number of alkyl halides is 2. The van der Waals surface area contributed by atoms with E-state index in [1.807, 2.05) is 37.3 Å². The Morgan fingerprint density at radius 3 is 2.71 bits per heavy atom. The lowest BCUT2D eigenvalue weighted by Gasteiger charge is -2.20. The lowest BCUT2D eigenvalue weighted by atomic mass is 10.1. The number of carbonyl (C=O) groups is 1. The molecular weight excluding hydrogens is 444 g/mol. The number of hydrogen-bond acceptors (Lipinski definition) is 7. The van der Waals surface area contributed by atoms with Crippen LogP contribution in [0.25, 0.3) is 0 Å². The number of anilines is 1. The van der Waals surface area contributed by atoms with Crippen LogP contribution in [0.1, 0.15) is 35.3 Å². The van der Waals surface area contributed by atoms with Crippen LogP contribution < -0.4 is 19.7 Å². The molecule has 2 aromatic heterocycles. The highest BCUT2D eigenvalue weighted by Gasteiger charge is 2.25. The van der Waals surface area contributed by atoms with Crippen LogP contribution in [0.2, 0.25) is 0 Å². The van der Waals surface area contributed by atoms with Gasteiger partial charge in [-0.2, -0.15) is 0 Å². The van der Waals surface area contributed by atoms with Crippen molar-refractivity contribution in [1.29, 1.82) is 0 Å². The van der Waals surface area contributed by atoms with Crippen molar-refractivity contribution in [2.45, 2.75) is 31.9 Å². The van der Waals surface area contributed by atoms with E-state index < -0.39 is 13.0 Å². The summed E-state index contributed by atoms with van der Waals surface area (Å²) in [6.45, 7) is 2.65. The van der Waals surface area contributed by atoms with Gasteiger partial charge in [-0.25, -0.2) is 23.7 Å². The molecule has 1 aromatic carbocycles. The van der Waals surface area contributed by atoms with E-state index >= 15 is 0 Å². The molecule has 3 heterocycles. The van der Waals surface area contributed by atoms with Gasteiger partial charge in [-0.3, -0.25) is 4.79 Å². The Hall–Kier alpha value is -3.82. The van der Waals surface area contributed by atoms with Crippen molar-refractivity contribution in [3.8, 4) is 11.6 Å². The fourth-order valence-electron chi connectivity index (χ4n) is 3.69. The van der Waals surface area contributed by atoms with E-state index in [-0.39, 0.29) is 23.9 Å². The number of benzene rings is 1. The number of halogens is 2.